The monoisotopic (exact) mass is 535 g/mol. The van der Waals surface area contributed by atoms with Crippen LogP contribution in [0.5, 0.6) is 0 Å². The van der Waals surface area contributed by atoms with E-state index in [9.17, 15) is 4.79 Å². The van der Waals surface area contributed by atoms with Gasteiger partial charge < -0.3 is 9.72 Å². The summed E-state index contributed by atoms with van der Waals surface area (Å²) >= 11 is 0. The Bertz CT molecular complexity index is 1570. The van der Waals surface area contributed by atoms with Gasteiger partial charge in [0, 0.05) is 43.2 Å². The van der Waals surface area contributed by atoms with Gasteiger partial charge in [-0.3, -0.25) is 14.7 Å². The topological polar surface area (TPSA) is 102 Å². The molecule has 1 aliphatic heterocycles. The maximum Gasteiger partial charge on any atom is 0.253 e. The van der Waals surface area contributed by atoms with E-state index in [1.807, 2.05) is 47.3 Å². The molecular weight excluding hydrogens is 502 g/mol. The number of ether oxygens (including phenoxy) is 1. The zero-order valence-corrected chi connectivity index (χ0v) is 22.6. The number of nitrogens with zero attached hydrogens (tertiary/aromatic N) is 6. The molecule has 4 heterocycles. The fourth-order valence-electron chi connectivity index (χ4n) is 5.50. The average molecular weight is 536 g/mol. The van der Waals surface area contributed by atoms with E-state index >= 15 is 0 Å². The van der Waals surface area contributed by atoms with Gasteiger partial charge in [-0.05, 0) is 76.0 Å². The first kappa shape index (κ1) is 26.0. The molecule has 0 spiro atoms. The van der Waals surface area contributed by atoms with Crippen LogP contribution in [-0.2, 0) is 30.8 Å². The first-order chi connectivity index (χ1) is 19.7. The molecule has 2 atom stereocenters. The molecule has 0 aliphatic carbocycles. The van der Waals surface area contributed by atoms with Crippen LogP contribution >= 0.6 is 0 Å². The first-order valence-electron chi connectivity index (χ1n) is 13.9. The number of hydrogen-bond donors (Lipinski definition) is 1. The second-order valence-electron chi connectivity index (χ2n) is 10.3. The predicted molar refractivity (Wildman–Crippen MR) is 153 cm³/mol. The number of nitrogens with one attached hydrogen (secondary N) is 1. The van der Waals surface area contributed by atoms with Gasteiger partial charge in [-0.2, -0.15) is 0 Å². The van der Waals surface area contributed by atoms with E-state index in [1.165, 1.54) is 5.56 Å². The van der Waals surface area contributed by atoms with Crippen LogP contribution in [0.15, 0.2) is 83.9 Å². The van der Waals surface area contributed by atoms with E-state index < -0.39 is 6.04 Å². The third kappa shape index (κ3) is 5.71. The van der Waals surface area contributed by atoms with E-state index in [4.69, 9.17) is 4.74 Å². The maximum absolute atomic E-state index is 13.8. The molecule has 6 rings (SSSR count). The Labute approximate surface area is 232 Å². The first-order valence-corrected chi connectivity index (χ1v) is 13.9. The van der Waals surface area contributed by atoms with Gasteiger partial charge in [0.25, 0.3) is 5.56 Å². The van der Waals surface area contributed by atoms with Gasteiger partial charge in [0.2, 0.25) is 0 Å². The average Bonchev–Trinajstić information content (AvgIpc) is 3.67. The highest BCUT2D eigenvalue weighted by Crippen LogP contribution is 2.31. The summed E-state index contributed by atoms with van der Waals surface area (Å²) in [5.74, 6) is 0.617. The zero-order chi connectivity index (χ0) is 27.3. The van der Waals surface area contributed by atoms with Crippen LogP contribution in [0.25, 0.3) is 10.9 Å². The summed E-state index contributed by atoms with van der Waals surface area (Å²) < 4.78 is 7.73. The second kappa shape index (κ2) is 11.9. The van der Waals surface area contributed by atoms with E-state index in [0.29, 0.717) is 31.0 Å². The lowest BCUT2D eigenvalue weighted by Crippen LogP contribution is -2.35. The summed E-state index contributed by atoms with van der Waals surface area (Å²) in [7, 11) is 0. The summed E-state index contributed by atoms with van der Waals surface area (Å²) in [4.78, 5) is 23.5. The highest BCUT2D eigenvalue weighted by molar-refractivity contribution is 5.80. The van der Waals surface area contributed by atoms with Gasteiger partial charge in [0.1, 0.15) is 6.04 Å². The maximum atomic E-state index is 13.8. The van der Waals surface area contributed by atoms with E-state index in [0.717, 1.165) is 47.9 Å². The predicted octanol–water partition coefficient (Wildman–Crippen LogP) is 4.44. The molecule has 0 radical (unpaired) electrons. The van der Waals surface area contributed by atoms with Crippen LogP contribution < -0.4 is 5.56 Å². The minimum Gasteiger partial charge on any atom is -0.376 e. The third-order valence-corrected chi connectivity index (χ3v) is 7.55. The van der Waals surface area contributed by atoms with Crippen molar-refractivity contribution in [3.8, 4) is 0 Å². The molecule has 1 fully saturated rings. The zero-order valence-electron chi connectivity index (χ0n) is 22.6. The summed E-state index contributed by atoms with van der Waals surface area (Å²) in [6, 6.07) is 21.9. The Kier molecular flexibility index (Phi) is 7.74. The fraction of sp³-hybridized carbons (Fsp3) is 0.323. The molecule has 9 nitrogen and oxygen atoms in total. The summed E-state index contributed by atoms with van der Waals surface area (Å²) in [5, 5.41) is 14.0. The molecule has 3 aromatic heterocycles. The summed E-state index contributed by atoms with van der Waals surface area (Å²) in [5.41, 5.74) is 4.63. The van der Waals surface area contributed by atoms with Gasteiger partial charge >= 0.3 is 0 Å². The molecule has 1 N–H and O–H groups in total. The molecule has 5 aromatic rings. The number of aromatic nitrogens is 6. The van der Waals surface area contributed by atoms with Crippen molar-refractivity contribution < 1.29 is 4.74 Å². The lowest BCUT2D eigenvalue weighted by atomic mass is 10.0. The van der Waals surface area contributed by atoms with Crippen molar-refractivity contribution in [1.82, 2.24) is 35.1 Å². The number of aryl methyl sites for hydroxylation is 1. The number of H-pyrrole nitrogens is 1. The minimum absolute atomic E-state index is 0.0470. The van der Waals surface area contributed by atoms with Gasteiger partial charge in [-0.15, -0.1) is 5.10 Å². The number of rotatable bonds is 10. The van der Waals surface area contributed by atoms with Crippen LogP contribution in [0, 0.1) is 0 Å². The highest BCUT2D eigenvalue weighted by Gasteiger charge is 2.32. The quantitative estimate of drug-likeness (QED) is 0.282. The highest BCUT2D eigenvalue weighted by atomic mass is 16.5. The van der Waals surface area contributed by atoms with Crippen molar-refractivity contribution in [1.29, 1.82) is 0 Å². The van der Waals surface area contributed by atoms with Crippen LogP contribution in [0.2, 0.25) is 0 Å². The third-order valence-electron chi connectivity index (χ3n) is 7.55. The van der Waals surface area contributed by atoms with Crippen molar-refractivity contribution in [2.45, 2.75) is 58.0 Å². The Balaban J connectivity index is 1.51. The minimum atomic E-state index is -0.518. The molecular formula is C31H33N7O2. The molecule has 0 bridgehead atoms. The smallest absolute Gasteiger partial charge is 0.253 e. The molecule has 2 aromatic carbocycles. The van der Waals surface area contributed by atoms with Gasteiger partial charge in [-0.1, -0.05) is 49.4 Å². The largest absolute Gasteiger partial charge is 0.376 e. The SMILES string of the molecule is CCc1ccc2[nH]c(=O)c([C@@H](c3nnnn3C[C@H]3CCCO3)N(Cc3ccccc3)Cc3cccnc3)cc2c1. The number of benzene rings is 2. The fourth-order valence-corrected chi connectivity index (χ4v) is 5.50. The lowest BCUT2D eigenvalue weighted by molar-refractivity contribution is 0.0903. The Hall–Kier alpha value is -4.21. The van der Waals surface area contributed by atoms with Crippen LogP contribution in [0.3, 0.4) is 0 Å². The summed E-state index contributed by atoms with van der Waals surface area (Å²) in [6.45, 7) is 4.55. The van der Waals surface area contributed by atoms with Crippen molar-refractivity contribution in [3.63, 3.8) is 0 Å². The number of aromatic amines is 1. The molecule has 0 amide bonds. The standard InChI is InChI=1S/C31H33N7O2/c1-2-22-12-13-28-25(16-22)17-27(31(39)33-28)29(30-34-35-36-38(30)21-26-11-7-15-40-26)37(19-23-8-4-3-5-9-23)20-24-10-6-14-32-18-24/h3-6,8-10,12-14,16-18,26,29H,2,7,11,15,19-21H2,1H3,(H,33,39)/t26-,29+/m1/s1. The second-order valence-corrected chi connectivity index (χ2v) is 10.3. The lowest BCUT2D eigenvalue weighted by Gasteiger charge is -2.31. The van der Waals surface area contributed by atoms with Gasteiger partial charge in [0.15, 0.2) is 5.82 Å². The number of hydrogen-bond acceptors (Lipinski definition) is 7. The summed E-state index contributed by atoms with van der Waals surface area (Å²) in [6.07, 6.45) is 6.58. The van der Waals surface area contributed by atoms with Crippen LogP contribution in [0.1, 0.15) is 53.9 Å². The van der Waals surface area contributed by atoms with Crippen molar-refractivity contribution in [2.75, 3.05) is 6.61 Å². The molecule has 204 valence electrons. The number of fused-ring (bicyclic) bond motifs is 1. The molecule has 1 aliphatic rings. The van der Waals surface area contributed by atoms with E-state index in [-0.39, 0.29) is 11.7 Å². The van der Waals surface area contributed by atoms with E-state index in [1.54, 1.807) is 6.20 Å². The van der Waals surface area contributed by atoms with Crippen molar-refractivity contribution >= 4 is 10.9 Å². The molecule has 1 saturated heterocycles. The molecule has 0 saturated carbocycles. The number of tetrazole rings is 1. The molecule has 0 unspecified atom stereocenters. The Morgan fingerprint density at radius 2 is 1.90 bits per heavy atom. The normalized spacial score (nSPS) is 16.1. The van der Waals surface area contributed by atoms with Crippen molar-refractivity contribution in [3.05, 3.63) is 118 Å². The van der Waals surface area contributed by atoms with E-state index in [2.05, 4.69) is 67.6 Å². The Morgan fingerprint density at radius 1 is 1.05 bits per heavy atom. The van der Waals surface area contributed by atoms with Crippen LogP contribution in [-0.4, -0.2) is 47.8 Å². The van der Waals surface area contributed by atoms with Gasteiger partial charge in [-0.25, -0.2) is 4.68 Å². The van der Waals surface area contributed by atoms with Gasteiger partial charge in [0.05, 0.1) is 12.6 Å². The van der Waals surface area contributed by atoms with Crippen LogP contribution in [0.4, 0.5) is 0 Å². The molecule has 40 heavy (non-hydrogen) atoms. The number of pyridine rings is 2. The Morgan fingerprint density at radius 3 is 2.67 bits per heavy atom. The molecule has 9 heteroatoms. The van der Waals surface area contributed by atoms with Crippen molar-refractivity contribution in [2.24, 2.45) is 0 Å².